The Bertz CT molecular complexity index is 445. The summed E-state index contributed by atoms with van der Waals surface area (Å²) >= 11 is 0. The Labute approximate surface area is 128 Å². The maximum atomic E-state index is 5.60. The number of hydrogen-bond donors (Lipinski definition) is 1. The van der Waals surface area contributed by atoms with Gasteiger partial charge in [-0.1, -0.05) is 13.3 Å². The summed E-state index contributed by atoms with van der Waals surface area (Å²) in [5.41, 5.74) is 1.33. The highest BCUT2D eigenvalue weighted by Gasteiger charge is 2.35. The molecule has 1 N–H and O–H groups in total. The second kappa shape index (κ2) is 6.39. The van der Waals surface area contributed by atoms with Gasteiger partial charge < -0.3 is 10.1 Å². The van der Waals surface area contributed by atoms with Crippen LogP contribution in [0, 0.1) is 11.8 Å². The number of aromatic nitrogens is 2. The Hall–Kier alpha value is -1.03. The van der Waals surface area contributed by atoms with Crippen molar-refractivity contribution in [2.75, 3.05) is 13.7 Å². The molecule has 3 unspecified atom stereocenters. The summed E-state index contributed by atoms with van der Waals surface area (Å²) in [4.78, 5) is 0. The van der Waals surface area contributed by atoms with Crippen molar-refractivity contribution in [3.8, 4) is 5.75 Å². The van der Waals surface area contributed by atoms with E-state index >= 15 is 0 Å². The predicted molar refractivity (Wildman–Crippen MR) is 84.7 cm³/mol. The topological polar surface area (TPSA) is 39.1 Å². The van der Waals surface area contributed by atoms with E-state index in [1.807, 2.05) is 6.20 Å². The minimum absolute atomic E-state index is 0.581. The third-order valence-electron chi connectivity index (χ3n) is 5.22. The molecule has 4 nitrogen and oxygen atoms in total. The summed E-state index contributed by atoms with van der Waals surface area (Å²) in [6.07, 6.45) is 8.57. The van der Waals surface area contributed by atoms with Gasteiger partial charge in [-0.3, -0.25) is 4.68 Å². The van der Waals surface area contributed by atoms with E-state index in [1.165, 1.54) is 37.8 Å². The second-order valence-electron chi connectivity index (χ2n) is 6.88. The molecule has 2 aliphatic carbocycles. The molecule has 0 bridgehead atoms. The molecule has 0 aliphatic heterocycles. The molecule has 0 amide bonds. The van der Waals surface area contributed by atoms with Gasteiger partial charge in [0.05, 0.1) is 19.0 Å². The standard InChI is InChI=1S/C17H29N3O/c1-4-20-17(16(21-3)11-19-20)15-9-12(2)5-6-13(15)10-18-14-7-8-14/h11-15,18H,4-10H2,1-3H3. The van der Waals surface area contributed by atoms with E-state index < -0.39 is 0 Å². The summed E-state index contributed by atoms with van der Waals surface area (Å²) in [7, 11) is 1.77. The molecule has 4 heteroatoms. The molecule has 0 saturated heterocycles. The molecule has 2 saturated carbocycles. The van der Waals surface area contributed by atoms with Crippen LogP contribution in [0.1, 0.15) is 57.6 Å². The van der Waals surface area contributed by atoms with Gasteiger partial charge in [0, 0.05) is 18.5 Å². The van der Waals surface area contributed by atoms with E-state index in [2.05, 4.69) is 28.9 Å². The minimum Gasteiger partial charge on any atom is -0.493 e. The highest BCUT2D eigenvalue weighted by Crippen LogP contribution is 2.43. The van der Waals surface area contributed by atoms with Crippen LogP contribution in [-0.4, -0.2) is 29.5 Å². The maximum Gasteiger partial charge on any atom is 0.160 e. The van der Waals surface area contributed by atoms with Gasteiger partial charge in [-0.2, -0.15) is 5.10 Å². The lowest BCUT2D eigenvalue weighted by molar-refractivity contribution is 0.228. The van der Waals surface area contributed by atoms with Crippen LogP contribution >= 0.6 is 0 Å². The van der Waals surface area contributed by atoms with Crippen LogP contribution in [-0.2, 0) is 6.54 Å². The summed E-state index contributed by atoms with van der Waals surface area (Å²) in [5, 5.41) is 8.26. The van der Waals surface area contributed by atoms with Crippen molar-refractivity contribution in [3.63, 3.8) is 0 Å². The lowest BCUT2D eigenvalue weighted by Gasteiger charge is -2.35. The molecule has 0 aromatic carbocycles. The Morgan fingerprint density at radius 3 is 2.81 bits per heavy atom. The fourth-order valence-electron chi connectivity index (χ4n) is 3.79. The van der Waals surface area contributed by atoms with Crippen LogP contribution in [0.25, 0.3) is 0 Å². The van der Waals surface area contributed by atoms with Gasteiger partial charge in [0.2, 0.25) is 0 Å². The molecule has 118 valence electrons. The van der Waals surface area contributed by atoms with Crippen LogP contribution in [0.15, 0.2) is 6.20 Å². The summed E-state index contributed by atoms with van der Waals surface area (Å²) < 4.78 is 7.74. The van der Waals surface area contributed by atoms with Crippen LogP contribution in [0.2, 0.25) is 0 Å². The molecule has 1 heterocycles. The van der Waals surface area contributed by atoms with Gasteiger partial charge in [-0.05, 0) is 51.0 Å². The van der Waals surface area contributed by atoms with Gasteiger partial charge in [-0.15, -0.1) is 0 Å². The Morgan fingerprint density at radius 1 is 1.33 bits per heavy atom. The normalized spacial score (nSPS) is 29.6. The van der Waals surface area contributed by atoms with Crippen LogP contribution in [0.3, 0.4) is 0 Å². The zero-order valence-electron chi connectivity index (χ0n) is 13.6. The predicted octanol–water partition coefficient (Wildman–Crippen LogP) is 3.18. The summed E-state index contributed by atoms with van der Waals surface area (Å²) in [6.45, 7) is 6.63. The average Bonchev–Trinajstić information content (AvgIpc) is 3.23. The number of methoxy groups -OCH3 is 1. The Kier molecular flexibility index (Phi) is 4.53. The third-order valence-corrected chi connectivity index (χ3v) is 5.22. The van der Waals surface area contributed by atoms with Crippen LogP contribution in [0.4, 0.5) is 0 Å². The number of hydrogen-bond acceptors (Lipinski definition) is 3. The quantitative estimate of drug-likeness (QED) is 0.875. The van der Waals surface area contributed by atoms with Gasteiger partial charge in [0.1, 0.15) is 0 Å². The largest absolute Gasteiger partial charge is 0.493 e. The first kappa shape index (κ1) is 14.9. The number of ether oxygens (including phenoxy) is 1. The van der Waals surface area contributed by atoms with Crippen molar-refractivity contribution in [1.29, 1.82) is 0 Å². The number of nitrogens with one attached hydrogen (secondary N) is 1. The molecule has 3 rings (SSSR count). The van der Waals surface area contributed by atoms with Crippen LogP contribution in [0.5, 0.6) is 5.75 Å². The van der Waals surface area contributed by atoms with Crippen molar-refractivity contribution in [2.24, 2.45) is 11.8 Å². The smallest absolute Gasteiger partial charge is 0.160 e. The van der Waals surface area contributed by atoms with Crippen molar-refractivity contribution in [1.82, 2.24) is 15.1 Å². The number of aryl methyl sites for hydroxylation is 1. The molecule has 3 atom stereocenters. The van der Waals surface area contributed by atoms with E-state index in [9.17, 15) is 0 Å². The molecule has 0 radical (unpaired) electrons. The molecular weight excluding hydrogens is 262 g/mol. The summed E-state index contributed by atoms with van der Waals surface area (Å²) in [6, 6.07) is 0.794. The first-order chi connectivity index (χ1) is 10.2. The van der Waals surface area contributed by atoms with E-state index in [0.29, 0.717) is 5.92 Å². The zero-order valence-corrected chi connectivity index (χ0v) is 13.6. The molecule has 2 aliphatic rings. The van der Waals surface area contributed by atoms with Gasteiger partial charge in [0.15, 0.2) is 5.75 Å². The molecule has 1 aromatic rings. The fraction of sp³-hybridized carbons (Fsp3) is 0.824. The Balaban J connectivity index is 1.81. The van der Waals surface area contributed by atoms with Crippen molar-refractivity contribution in [3.05, 3.63) is 11.9 Å². The van der Waals surface area contributed by atoms with E-state index in [1.54, 1.807) is 7.11 Å². The van der Waals surface area contributed by atoms with E-state index in [-0.39, 0.29) is 0 Å². The van der Waals surface area contributed by atoms with E-state index in [0.717, 1.165) is 36.7 Å². The molecular formula is C17H29N3O. The van der Waals surface area contributed by atoms with Gasteiger partial charge >= 0.3 is 0 Å². The highest BCUT2D eigenvalue weighted by molar-refractivity contribution is 5.30. The van der Waals surface area contributed by atoms with Crippen molar-refractivity contribution in [2.45, 2.75) is 64.5 Å². The summed E-state index contributed by atoms with van der Waals surface area (Å²) in [5.74, 6) is 3.08. The molecule has 2 fully saturated rings. The Morgan fingerprint density at radius 2 is 2.14 bits per heavy atom. The molecule has 1 aromatic heterocycles. The van der Waals surface area contributed by atoms with Crippen LogP contribution < -0.4 is 10.1 Å². The maximum absolute atomic E-state index is 5.60. The fourth-order valence-corrected chi connectivity index (χ4v) is 3.79. The lowest BCUT2D eigenvalue weighted by atomic mass is 9.73. The van der Waals surface area contributed by atoms with Gasteiger partial charge in [-0.25, -0.2) is 0 Å². The lowest BCUT2D eigenvalue weighted by Crippen LogP contribution is -2.33. The first-order valence-corrected chi connectivity index (χ1v) is 8.56. The SMILES string of the molecule is CCn1ncc(OC)c1C1CC(C)CCC1CNC1CC1. The number of nitrogens with zero attached hydrogens (tertiary/aromatic N) is 2. The highest BCUT2D eigenvalue weighted by atomic mass is 16.5. The minimum atomic E-state index is 0.581. The monoisotopic (exact) mass is 291 g/mol. The molecule has 0 spiro atoms. The van der Waals surface area contributed by atoms with Gasteiger partial charge in [0.25, 0.3) is 0 Å². The number of rotatable bonds is 6. The van der Waals surface area contributed by atoms with Crippen molar-refractivity contribution >= 4 is 0 Å². The molecule has 21 heavy (non-hydrogen) atoms. The average molecular weight is 291 g/mol. The zero-order chi connectivity index (χ0) is 14.8. The van der Waals surface area contributed by atoms with Crippen molar-refractivity contribution < 1.29 is 4.74 Å². The first-order valence-electron chi connectivity index (χ1n) is 8.56. The third kappa shape index (κ3) is 3.25. The second-order valence-corrected chi connectivity index (χ2v) is 6.88. The van der Waals surface area contributed by atoms with E-state index in [4.69, 9.17) is 4.74 Å².